The van der Waals surface area contributed by atoms with Crippen LogP contribution in [0.15, 0.2) is 53.7 Å². The topological polar surface area (TPSA) is 25.2 Å². The fraction of sp³-hybridized carbons (Fsp3) is 0.0769. The van der Waals surface area contributed by atoms with E-state index in [9.17, 15) is 0 Å². The Kier molecular flexibility index (Phi) is 2.88. The van der Waals surface area contributed by atoms with Gasteiger partial charge in [-0.3, -0.25) is 9.98 Å². The van der Waals surface area contributed by atoms with Gasteiger partial charge in [0.1, 0.15) is 0 Å². The third kappa shape index (κ3) is 2.74. The van der Waals surface area contributed by atoms with Crippen LogP contribution in [-0.2, 0) is 0 Å². The summed E-state index contributed by atoms with van der Waals surface area (Å²) in [6.45, 7) is 1.96. The van der Waals surface area contributed by atoms with Gasteiger partial charge in [0.2, 0.25) is 0 Å². The van der Waals surface area contributed by atoms with Gasteiger partial charge in [-0.15, -0.1) is 0 Å². The monoisotopic (exact) mass is 196 g/mol. The van der Waals surface area contributed by atoms with Gasteiger partial charge in [-0.1, -0.05) is 30.3 Å². The molecule has 0 spiro atoms. The molecule has 74 valence electrons. The van der Waals surface area contributed by atoms with Crippen LogP contribution < -0.4 is 0 Å². The quantitative estimate of drug-likeness (QED) is 0.677. The maximum Gasteiger partial charge on any atom is 0.0663 e. The van der Waals surface area contributed by atoms with E-state index in [1.807, 2.05) is 55.6 Å². The number of aliphatic imine (C=N–C) groups is 1. The molecule has 0 bridgehead atoms. The molecule has 1 aromatic carbocycles. The van der Waals surface area contributed by atoms with Gasteiger partial charge in [-0.2, -0.15) is 0 Å². The smallest absolute Gasteiger partial charge is 0.0663 e. The second kappa shape index (κ2) is 4.51. The zero-order chi connectivity index (χ0) is 10.5. The number of benzene rings is 1. The summed E-state index contributed by atoms with van der Waals surface area (Å²) in [4.78, 5) is 8.49. The van der Waals surface area contributed by atoms with Crippen molar-refractivity contribution in [2.45, 2.75) is 6.92 Å². The first-order chi connectivity index (χ1) is 7.34. The summed E-state index contributed by atoms with van der Waals surface area (Å²) in [5, 5.41) is 0. The van der Waals surface area contributed by atoms with Crippen molar-refractivity contribution >= 4 is 11.9 Å². The van der Waals surface area contributed by atoms with Gasteiger partial charge in [-0.25, -0.2) is 0 Å². The first kappa shape index (κ1) is 9.59. The van der Waals surface area contributed by atoms with Gasteiger partial charge < -0.3 is 0 Å². The van der Waals surface area contributed by atoms with Gasteiger partial charge in [0.25, 0.3) is 0 Å². The van der Waals surface area contributed by atoms with Crippen molar-refractivity contribution in [3.05, 3.63) is 59.9 Å². The molecule has 0 aliphatic carbocycles. The van der Waals surface area contributed by atoms with Crippen molar-refractivity contribution in [1.82, 2.24) is 4.98 Å². The lowest BCUT2D eigenvalue weighted by atomic mass is 10.2. The lowest BCUT2D eigenvalue weighted by Gasteiger charge is -1.94. The van der Waals surface area contributed by atoms with Gasteiger partial charge in [0, 0.05) is 18.1 Å². The number of rotatable bonds is 2. The summed E-state index contributed by atoms with van der Waals surface area (Å²) in [7, 11) is 0. The summed E-state index contributed by atoms with van der Waals surface area (Å²) in [5.74, 6) is 0. The molecule has 15 heavy (non-hydrogen) atoms. The Morgan fingerprint density at radius 3 is 2.67 bits per heavy atom. The average Bonchev–Trinajstić information content (AvgIpc) is 2.28. The molecule has 2 heteroatoms. The zero-order valence-electron chi connectivity index (χ0n) is 8.59. The first-order valence-corrected chi connectivity index (χ1v) is 4.86. The predicted octanol–water partition coefficient (Wildman–Crippen LogP) is 3.14. The lowest BCUT2D eigenvalue weighted by Crippen LogP contribution is -1.80. The van der Waals surface area contributed by atoms with Gasteiger partial charge in [-0.05, 0) is 24.6 Å². The Morgan fingerprint density at radius 1 is 1.13 bits per heavy atom. The second-order valence-electron chi connectivity index (χ2n) is 3.32. The molecule has 0 aliphatic rings. The largest absolute Gasteiger partial charge is 0.261 e. The SMILES string of the molecule is Cc1cc(/N=C/c2ccccc2)ccn1. The molecule has 0 N–H and O–H groups in total. The van der Waals surface area contributed by atoms with Crippen LogP contribution in [0.5, 0.6) is 0 Å². The minimum Gasteiger partial charge on any atom is -0.261 e. The summed E-state index contributed by atoms with van der Waals surface area (Å²) in [6, 6.07) is 13.9. The normalized spacial score (nSPS) is 10.7. The number of pyridine rings is 1. The molecular weight excluding hydrogens is 184 g/mol. The third-order valence-electron chi connectivity index (χ3n) is 2.04. The summed E-state index contributed by atoms with van der Waals surface area (Å²) in [6.07, 6.45) is 3.63. The molecule has 2 nitrogen and oxygen atoms in total. The van der Waals surface area contributed by atoms with E-state index in [1.165, 1.54) is 0 Å². The maximum atomic E-state index is 4.37. The van der Waals surface area contributed by atoms with E-state index in [4.69, 9.17) is 0 Å². The fourth-order valence-corrected chi connectivity index (χ4v) is 1.30. The van der Waals surface area contributed by atoms with Crippen molar-refractivity contribution in [3.8, 4) is 0 Å². The molecule has 0 aliphatic heterocycles. The highest BCUT2D eigenvalue weighted by molar-refractivity contribution is 5.81. The fourth-order valence-electron chi connectivity index (χ4n) is 1.30. The molecule has 0 amide bonds. The van der Waals surface area contributed by atoms with Crippen LogP contribution in [-0.4, -0.2) is 11.2 Å². The van der Waals surface area contributed by atoms with Crippen LogP contribution in [0.1, 0.15) is 11.3 Å². The first-order valence-electron chi connectivity index (χ1n) is 4.86. The Labute approximate surface area is 89.3 Å². The second-order valence-corrected chi connectivity index (χ2v) is 3.32. The molecular formula is C13H12N2. The van der Waals surface area contributed by atoms with E-state index in [0.717, 1.165) is 16.9 Å². The standard InChI is InChI=1S/C13H12N2/c1-11-9-13(7-8-14-11)15-10-12-5-3-2-4-6-12/h2-10H,1H3/b15-10+. The molecule has 0 saturated carbocycles. The summed E-state index contributed by atoms with van der Waals surface area (Å²) >= 11 is 0. The highest BCUT2D eigenvalue weighted by Gasteiger charge is 1.89. The Morgan fingerprint density at radius 2 is 1.93 bits per heavy atom. The number of hydrogen-bond donors (Lipinski definition) is 0. The highest BCUT2D eigenvalue weighted by Crippen LogP contribution is 2.11. The highest BCUT2D eigenvalue weighted by atomic mass is 14.7. The van der Waals surface area contributed by atoms with E-state index >= 15 is 0 Å². The molecule has 2 rings (SSSR count). The van der Waals surface area contributed by atoms with Crippen LogP contribution >= 0.6 is 0 Å². The minimum absolute atomic E-state index is 0.936. The van der Waals surface area contributed by atoms with Crippen molar-refractivity contribution in [2.24, 2.45) is 4.99 Å². The van der Waals surface area contributed by atoms with E-state index in [2.05, 4.69) is 9.98 Å². The van der Waals surface area contributed by atoms with Crippen LogP contribution in [0.2, 0.25) is 0 Å². The van der Waals surface area contributed by atoms with E-state index in [1.54, 1.807) is 6.20 Å². The van der Waals surface area contributed by atoms with Crippen LogP contribution in [0.4, 0.5) is 5.69 Å². The van der Waals surface area contributed by atoms with Crippen LogP contribution in [0.25, 0.3) is 0 Å². The van der Waals surface area contributed by atoms with Crippen molar-refractivity contribution < 1.29 is 0 Å². The number of hydrogen-bond acceptors (Lipinski definition) is 2. The average molecular weight is 196 g/mol. The van der Waals surface area contributed by atoms with Crippen LogP contribution in [0, 0.1) is 6.92 Å². The zero-order valence-corrected chi connectivity index (χ0v) is 8.59. The summed E-state index contributed by atoms with van der Waals surface area (Å²) < 4.78 is 0. The summed E-state index contributed by atoms with van der Waals surface area (Å²) in [5.41, 5.74) is 3.02. The number of aryl methyl sites for hydroxylation is 1. The predicted molar refractivity (Wildman–Crippen MR) is 62.7 cm³/mol. The van der Waals surface area contributed by atoms with E-state index in [-0.39, 0.29) is 0 Å². The molecule has 0 radical (unpaired) electrons. The van der Waals surface area contributed by atoms with Crippen molar-refractivity contribution in [1.29, 1.82) is 0 Å². The molecule has 1 aromatic heterocycles. The molecule has 1 heterocycles. The molecule has 2 aromatic rings. The third-order valence-corrected chi connectivity index (χ3v) is 2.04. The van der Waals surface area contributed by atoms with Crippen LogP contribution in [0.3, 0.4) is 0 Å². The van der Waals surface area contributed by atoms with Gasteiger partial charge in [0.15, 0.2) is 0 Å². The minimum atomic E-state index is 0.936. The molecule has 0 unspecified atom stereocenters. The number of nitrogens with zero attached hydrogens (tertiary/aromatic N) is 2. The lowest BCUT2D eigenvalue weighted by molar-refractivity contribution is 1.20. The maximum absolute atomic E-state index is 4.37. The van der Waals surface area contributed by atoms with E-state index < -0.39 is 0 Å². The number of aromatic nitrogens is 1. The van der Waals surface area contributed by atoms with Crippen molar-refractivity contribution in [2.75, 3.05) is 0 Å². The van der Waals surface area contributed by atoms with Crippen molar-refractivity contribution in [3.63, 3.8) is 0 Å². The van der Waals surface area contributed by atoms with Gasteiger partial charge >= 0.3 is 0 Å². The van der Waals surface area contributed by atoms with E-state index in [0.29, 0.717) is 0 Å². The molecule has 0 fully saturated rings. The molecule has 0 atom stereocenters. The van der Waals surface area contributed by atoms with Gasteiger partial charge in [0.05, 0.1) is 5.69 Å². The Balaban J connectivity index is 2.19. The Bertz CT molecular complexity index is 461. The Hall–Kier alpha value is -1.96. The molecule has 0 saturated heterocycles.